The fraction of sp³-hybridized carbons (Fsp3) is 0.167. The molecule has 0 atom stereocenters. The van der Waals surface area contributed by atoms with Crippen molar-refractivity contribution in [2.24, 2.45) is 0 Å². The Bertz CT molecular complexity index is 908. The van der Waals surface area contributed by atoms with E-state index in [4.69, 9.17) is 39.5 Å². The molecular weight excluding hydrogens is 383 g/mol. The fourth-order valence-electron chi connectivity index (χ4n) is 2.48. The molecule has 1 amide bonds. The lowest BCUT2D eigenvalue weighted by atomic mass is 10.1. The smallest absolute Gasteiger partial charge is 0.257 e. The van der Waals surface area contributed by atoms with Crippen molar-refractivity contribution >= 4 is 51.6 Å². The van der Waals surface area contributed by atoms with E-state index in [1.54, 1.807) is 0 Å². The van der Waals surface area contributed by atoms with Crippen molar-refractivity contribution in [3.63, 3.8) is 0 Å². The van der Waals surface area contributed by atoms with Crippen LogP contribution in [0.25, 0.3) is 10.9 Å². The quantitative estimate of drug-likeness (QED) is 0.583. The Morgan fingerprint density at radius 3 is 2.68 bits per heavy atom. The van der Waals surface area contributed by atoms with Crippen LogP contribution in [0.4, 0.5) is 0 Å². The van der Waals surface area contributed by atoms with Crippen LogP contribution in [0, 0.1) is 0 Å². The van der Waals surface area contributed by atoms with Crippen molar-refractivity contribution in [3.8, 4) is 5.75 Å². The number of para-hydroxylation sites is 1. The number of hydrogen-bond donors (Lipinski definition) is 2. The van der Waals surface area contributed by atoms with Gasteiger partial charge in [-0.25, -0.2) is 0 Å². The van der Waals surface area contributed by atoms with Gasteiger partial charge in [-0.3, -0.25) is 4.79 Å². The SMILES string of the molecule is O=C(COc1cc(Cl)c(Cl)cc1Cl)NCCc1c[nH]c2ccccc12. The van der Waals surface area contributed by atoms with Crippen LogP contribution in [0.15, 0.2) is 42.6 Å². The van der Waals surface area contributed by atoms with Crippen LogP contribution in [0.1, 0.15) is 5.56 Å². The Morgan fingerprint density at radius 1 is 1.08 bits per heavy atom. The highest BCUT2D eigenvalue weighted by atomic mass is 35.5. The Hall–Kier alpha value is -1.88. The summed E-state index contributed by atoms with van der Waals surface area (Å²) in [5.74, 6) is 0.0878. The summed E-state index contributed by atoms with van der Waals surface area (Å²) in [6.07, 6.45) is 2.69. The van der Waals surface area contributed by atoms with Crippen LogP contribution < -0.4 is 10.1 Å². The predicted octanol–water partition coefficient (Wildman–Crippen LogP) is 4.87. The van der Waals surface area contributed by atoms with Gasteiger partial charge in [0, 0.05) is 29.7 Å². The van der Waals surface area contributed by atoms with E-state index < -0.39 is 0 Å². The number of nitrogens with one attached hydrogen (secondary N) is 2. The number of benzene rings is 2. The first-order valence-corrected chi connectivity index (χ1v) is 8.77. The molecule has 0 saturated heterocycles. The van der Waals surface area contributed by atoms with Gasteiger partial charge >= 0.3 is 0 Å². The molecule has 7 heteroatoms. The van der Waals surface area contributed by atoms with Gasteiger partial charge in [-0.05, 0) is 24.1 Å². The summed E-state index contributed by atoms with van der Waals surface area (Å²) in [5.41, 5.74) is 2.24. The average molecular weight is 398 g/mol. The monoisotopic (exact) mass is 396 g/mol. The largest absolute Gasteiger partial charge is 0.482 e. The van der Waals surface area contributed by atoms with Gasteiger partial charge in [0.25, 0.3) is 5.91 Å². The molecule has 0 spiro atoms. The van der Waals surface area contributed by atoms with Crippen molar-refractivity contribution in [1.29, 1.82) is 0 Å². The zero-order chi connectivity index (χ0) is 17.8. The fourth-order valence-corrected chi connectivity index (χ4v) is 3.08. The number of aromatic amines is 1. The number of rotatable bonds is 6. The number of hydrogen-bond acceptors (Lipinski definition) is 2. The first-order valence-electron chi connectivity index (χ1n) is 7.63. The highest BCUT2D eigenvalue weighted by Crippen LogP contribution is 2.33. The van der Waals surface area contributed by atoms with Crippen molar-refractivity contribution < 1.29 is 9.53 Å². The highest BCUT2D eigenvalue weighted by Gasteiger charge is 2.10. The van der Waals surface area contributed by atoms with E-state index in [2.05, 4.69) is 16.4 Å². The second-order valence-corrected chi connectivity index (χ2v) is 6.67. The number of H-pyrrole nitrogens is 1. The molecule has 4 nitrogen and oxygen atoms in total. The minimum Gasteiger partial charge on any atom is -0.482 e. The molecule has 25 heavy (non-hydrogen) atoms. The van der Waals surface area contributed by atoms with Crippen LogP contribution in [0.3, 0.4) is 0 Å². The molecule has 130 valence electrons. The first kappa shape index (κ1) is 17.9. The molecule has 0 bridgehead atoms. The zero-order valence-corrected chi connectivity index (χ0v) is 15.4. The van der Waals surface area contributed by atoms with Gasteiger partial charge in [-0.1, -0.05) is 53.0 Å². The number of halogens is 3. The molecule has 0 unspecified atom stereocenters. The van der Waals surface area contributed by atoms with Crippen molar-refractivity contribution in [2.75, 3.05) is 13.2 Å². The molecule has 1 heterocycles. The third-order valence-corrected chi connectivity index (χ3v) is 4.74. The summed E-state index contributed by atoms with van der Waals surface area (Å²) in [6.45, 7) is 0.366. The summed E-state index contributed by atoms with van der Waals surface area (Å²) in [5, 5.41) is 4.95. The van der Waals surface area contributed by atoms with E-state index in [1.165, 1.54) is 12.1 Å². The minimum atomic E-state index is -0.234. The summed E-state index contributed by atoms with van der Waals surface area (Å²) < 4.78 is 5.40. The molecule has 2 aromatic carbocycles. The van der Waals surface area contributed by atoms with Crippen LogP contribution in [-0.2, 0) is 11.2 Å². The average Bonchev–Trinajstić information content (AvgIpc) is 3.00. The minimum absolute atomic E-state index is 0.147. The third-order valence-electron chi connectivity index (χ3n) is 3.73. The Kier molecular flexibility index (Phi) is 5.74. The van der Waals surface area contributed by atoms with Gasteiger partial charge in [0.15, 0.2) is 6.61 Å². The Morgan fingerprint density at radius 2 is 1.84 bits per heavy atom. The number of aromatic nitrogens is 1. The van der Waals surface area contributed by atoms with E-state index in [9.17, 15) is 4.79 Å². The maximum absolute atomic E-state index is 11.9. The maximum Gasteiger partial charge on any atom is 0.257 e. The number of carbonyl (C=O) groups is 1. The molecule has 0 aliphatic carbocycles. The second kappa shape index (κ2) is 8.00. The van der Waals surface area contributed by atoms with Gasteiger partial charge in [0.05, 0.1) is 15.1 Å². The first-order chi connectivity index (χ1) is 12.0. The summed E-state index contributed by atoms with van der Waals surface area (Å²) in [6, 6.07) is 11.0. The summed E-state index contributed by atoms with van der Waals surface area (Å²) in [7, 11) is 0. The molecule has 0 radical (unpaired) electrons. The highest BCUT2D eigenvalue weighted by molar-refractivity contribution is 6.43. The summed E-state index contributed by atoms with van der Waals surface area (Å²) in [4.78, 5) is 15.1. The zero-order valence-electron chi connectivity index (χ0n) is 13.1. The van der Waals surface area contributed by atoms with E-state index in [0.29, 0.717) is 27.4 Å². The van der Waals surface area contributed by atoms with Gasteiger partial charge in [0.1, 0.15) is 5.75 Å². The molecule has 0 aliphatic rings. The lowest BCUT2D eigenvalue weighted by Gasteiger charge is -2.09. The number of ether oxygens (including phenoxy) is 1. The standard InChI is InChI=1S/C18H15Cl3N2O2/c19-13-7-15(21)17(8-14(13)20)25-10-18(24)22-6-5-11-9-23-16-4-2-1-3-12(11)16/h1-4,7-9,23H,5-6,10H2,(H,22,24). The van der Waals surface area contributed by atoms with Gasteiger partial charge in [-0.2, -0.15) is 0 Å². The maximum atomic E-state index is 11.9. The van der Waals surface area contributed by atoms with E-state index >= 15 is 0 Å². The topological polar surface area (TPSA) is 54.1 Å². The van der Waals surface area contributed by atoms with Crippen LogP contribution in [0.5, 0.6) is 5.75 Å². The van der Waals surface area contributed by atoms with E-state index in [-0.39, 0.29) is 12.5 Å². The van der Waals surface area contributed by atoms with Crippen LogP contribution in [0.2, 0.25) is 15.1 Å². The Labute approximate surface area is 160 Å². The number of carbonyl (C=O) groups excluding carboxylic acids is 1. The van der Waals surface area contributed by atoms with Gasteiger partial charge in [0.2, 0.25) is 0 Å². The third kappa shape index (κ3) is 4.40. The Balaban J connectivity index is 1.49. The van der Waals surface area contributed by atoms with Crippen LogP contribution in [-0.4, -0.2) is 24.0 Å². The lowest BCUT2D eigenvalue weighted by molar-refractivity contribution is -0.123. The molecule has 3 aromatic rings. The van der Waals surface area contributed by atoms with Crippen LogP contribution >= 0.6 is 34.8 Å². The molecular formula is C18H15Cl3N2O2. The number of amides is 1. The lowest BCUT2D eigenvalue weighted by Crippen LogP contribution is -2.30. The molecule has 2 N–H and O–H groups in total. The van der Waals surface area contributed by atoms with Gasteiger partial charge in [-0.15, -0.1) is 0 Å². The van der Waals surface area contributed by atoms with E-state index in [0.717, 1.165) is 22.9 Å². The molecule has 0 saturated carbocycles. The normalized spacial score (nSPS) is 10.8. The number of fused-ring (bicyclic) bond motifs is 1. The molecule has 0 aliphatic heterocycles. The molecule has 0 fully saturated rings. The van der Waals surface area contributed by atoms with Crippen molar-refractivity contribution in [3.05, 3.63) is 63.2 Å². The van der Waals surface area contributed by atoms with Crippen molar-refractivity contribution in [1.82, 2.24) is 10.3 Å². The molecule has 1 aromatic heterocycles. The van der Waals surface area contributed by atoms with Crippen molar-refractivity contribution in [2.45, 2.75) is 6.42 Å². The molecule has 3 rings (SSSR count). The second-order valence-electron chi connectivity index (χ2n) is 5.44. The predicted molar refractivity (Wildman–Crippen MR) is 102 cm³/mol. The van der Waals surface area contributed by atoms with E-state index in [1.807, 2.05) is 24.4 Å². The van der Waals surface area contributed by atoms with Gasteiger partial charge < -0.3 is 15.0 Å². The summed E-state index contributed by atoms with van der Waals surface area (Å²) >= 11 is 17.8.